The molecule has 0 radical (unpaired) electrons. The van der Waals surface area contributed by atoms with Crippen LogP contribution in [0.3, 0.4) is 0 Å². The molecule has 1 saturated heterocycles. The molecule has 1 aliphatic rings. The summed E-state index contributed by atoms with van der Waals surface area (Å²) in [4.78, 5) is 48.5. The number of carbonyl (C=O) groups is 3. The second-order valence-electron chi connectivity index (χ2n) is 6.67. The number of aryl methyl sites for hydroxylation is 1. The van der Waals surface area contributed by atoms with Gasteiger partial charge in [-0.15, -0.1) is 0 Å². The Morgan fingerprint density at radius 1 is 1.21 bits per heavy atom. The Balaban J connectivity index is 1.75. The van der Waals surface area contributed by atoms with Gasteiger partial charge in [0.15, 0.2) is 0 Å². The molecule has 28 heavy (non-hydrogen) atoms. The standard InChI is InChI=1S/C19H18N4O5/c1-12-4-3-5-14(10-12)20-16(24)11-22-17(25)19(2,21-18(22)26)13-6-8-15(9-7-13)23(27)28/h3-10H,11H2,1-2H3,(H,20,24)(H,21,26)/t19-/m0/s1. The molecule has 1 atom stereocenters. The maximum absolute atomic E-state index is 12.8. The third kappa shape index (κ3) is 3.54. The minimum Gasteiger partial charge on any atom is -0.325 e. The Morgan fingerprint density at radius 2 is 1.89 bits per heavy atom. The fourth-order valence-corrected chi connectivity index (χ4v) is 3.02. The molecule has 0 aromatic heterocycles. The van der Waals surface area contributed by atoms with E-state index < -0.39 is 34.9 Å². The topological polar surface area (TPSA) is 122 Å². The SMILES string of the molecule is Cc1cccc(NC(=O)CN2C(=O)N[C@@](C)(c3ccc([N+](=O)[O-])cc3)C2=O)c1. The van der Waals surface area contributed by atoms with Crippen LogP contribution in [0.25, 0.3) is 0 Å². The molecule has 0 bridgehead atoms. The summed E-state index contributed by atoms with van der Waals surface area (Å²) in [6, 6.07) is 11.8. The molecule has 9 nitrogen and oxygen atoms in total. The molecule has 0 unspecified atom stereocenters. The summed E-state index contributed by atoms with van der Waals surface area (Å²) in [5, 5.41) is 16.0. The van der Waals surface area contributed by atoms with Crippen molar-refractivity contribution < 1.29 is 19.3 Å². The van der Waals surface area contributed by atoms with Gasteiger partial charge < -0.3 is 10.6 Å². The van der Waals surface area contributed by atoms with Crippen LogP contribution < -0.4 is 10.6 Å². The maximum Gasteiger partial charge on any atom is 0.325 e. The van der Waals surface area contributed by atoms with Crippen molar-refractivity contribution in [2.75, 3.05) is 11.9 Å². The van der Waals surface area contributed by atoms with Crippen molar-refractivity contribution in [2.45, 2.75) is 19.4 Å². The largest absolute Gasteiger partial charge is 0.325 e. The predicted octanol–water partition coefficient (Wildman–Crippen LogP) is 2.31. The zero-order valence-corrected chi connectivity index (χ0v) is 15.3. The van der Waals surface area contributed by atoms with Gasteiger partial charge in [-0.05, 0) is 49.2 Å². The quantitative estimate of drug-likeness (QED) is 0.467. The van der Waals surface area contributed by atoms with E-state index >= 15 is 0 Å². The number of nitro groups is 1. The first kappa shape index (κ1) is 19.0. The van der Waals surface area contributed by atoms with Crippen LogP contribution in [0, 0.1) is 17.0 Å². The van der Waals surface area contributed by atoms with Crippen molar-refractivity contribution in [3.05, 3.63) is 69.8 Å². The molecular formula is C19H18N4O5. The highest BCUT2D eigenvalue weighted by molar-refractivity contribution is 6.10. The number of urea groups is 1. The maximum atomic E-state index is 12.8. The van der Waals surface area contributed by atoms with E-state index in [9.17, 15) is 24.5 Å². The molecule has 0 saturated carbocycles. The van der Waals surface area contributed by atoms with Gasteiger partial charge in [0.2, 0.25) is 5.91 Å². The lowest BCUT2D eigenvalue weighted by molar-refractivity contribution is -0.384. The second-order valence-corrected chi connectivity index (χ2v) is 6.67. The third-order valence-corrected chi connectivity index (χ3v) is 4.53. The number of hydrogen-bond acceptors (Lipinski definition) is 5. The summed E-state index contributed by atoms with van der Waals surface area (Å²) in [7, 11) is 0. The zero-order chi connectivity index (χ0) is 20.5. The van der Waals surface area contributed by atoms with E-state index in [1.165, 1.54) is 31.2 Å². The van der Waals surface area contributed by atoms with E-state index in [0.29, 0.717) is 11.3 Å². The van der Waals surface area contributed by atoms with Gasteiger partial charge in [-0.1, -0.05) is 12.1 Å². The number of imide groups is 1. The minimum absolute atomic E-state index is 0.126. The average Bonchev–Trinajstić information content (AvgIpc) is 2.86. The number of nitro benzene ring substituents is 1. The zero-order valence-electron chi connectivity index (χ0n) is 15.3. The third-order valence-electron chi connectivity index (χ3n) is 4.53. The van der Waals surface area contributed by atoms with Gasteiger partial charge in [-0.2, -0.15) is 0 Å². The number of non-ortho nitro benzene ring substituents is 1. The molecule has 2 N–H and O–H groups in total. The summed E-state index contributed by atoms with van der Waals surface area (Å²) in [5.74, 6) is -1.12. The van der Waals surface area contributed by atoms with Gasteiger partial charge in [0, 0.05) is 17.8 Å². The molecule has 144 valence electrons. The van der Waals surface area contributed by atoms with Crippen LogP contribution in [0.2, 0.25) is 0 Å². The molecule has 1 heterocycles. The summed E-state index contributed by atoms with van der Waals surface area (Å²) >= 11 is 0. The van der Waals surface area contributed by atoms with Crippen molar-refractivity contribution >= 4 is 29.2 Å². The van der Waals surface area contributed by atoms with Crippen LogP contribution in [0.1, 0.15) is 18.1 Å². The van der Waals surface area contributed by atoms with Crippen LogP contribution in [-0.4, -0.2) is 34.2 Å². The molecule has 9 heteroatoms. The van der Waals surface area contributed by atoms with E-state index in [4.69, 9.17) is 0 Å². The fraction of sp³-hybridized carbons (Fsp3) is 0.211. The number of nitrogens with one attached hydrogen (secondary N) is 2. The highest BCUT2D eigenvalue weighted by atomic mass is 16.6. The Kier molecular flexibility index (Phi) is 4.83. The molecule has 3 rings (SSSR count). The summed E-state index contributed by atoms with van der Waals surface area (Å²) < 4.78 is 0. The lowest BCUT2D eigenvalue weighted by atomic mass is 9.92. The van der Waals surface area contributed by atoms with Crippen LogP contribution in [0.15, 0.2) is 48.5 Å². The fourth-order valence-electron chi connectivity index (χ4n) is 3.02. The average molecular weight is 382 g/mol. The second kappa shape index (κ2) is 7.10. The van der Waals surface area contributed by atoms with Crippen LogP contribution in [0.5, 0.6) is 0 Å². The van der Waals surface area contributed by atoms with Crippen molar-refractivity contribution in [3.63, 3.8) is 0 Å². The van der Waals surface area contributed by atoms with E-state index in [2.05, 4.69) is 10.6 Å². The van der Waals surface area contributed by atoms with Crippen molar-refractivity contribution in [1.29, 1.82) is 0 Å². The summed E-state index contributed by atoms with van der Waals surface area (Å²) in [5.41, 5.74) is 0.376. The van der Waals surface area contributed by atoms with Crippen LogP contribution in [-0.2, 0) is 15.1 Å². The van der Waals surface area contributed by atoms with Crippen molar-refractivity contribution in [1.82, 2.24) is 10.2 Å². The van der Waals surface area contributed by atoms with Gasteiger partial charge in [0.1, 0.15) is 12.1 Å². The lowest BCUT2D eigenvalue weighted by Crippen LogP contribution is -2.42. The Hall–Kier alpha value is -3.75. The minimum atomic E-state index is -1.41. The Bertz CT molecular complexity index is 973. The highest BCUT2D eigenvalue weighted by Crippen LogP contribution is 2.30. The van der Waals surface area contributed by atoms with Crippen LogP contribution in [0.4, 0.5) is 16.2 Å². The Morgan fingerprint density at radius 3 is 2.50 bits per heavy atom. The molecule has 2 aromatic carbocycles. The van der Waals surface area contributed by atoms with E-state index in [-0.39, 0.29) is 5.69 Å². The lowest BCUT2D eigenvalue weighted by Gasteiger charge is -2.22. The number of amides is 4. The molecular weight excluding hydrogens is 364 g/mol. The number of carbonyl (C=O) groups excluding carboxylic acids is 3. The molecule has 4 amide bonds. The predicted molar refractivity (Wildman–Crippen MR) is 101 cm³/mol. The number of anilines is 1. The van der Waals surface area contributed by atoms with E-state index in [1.807, 2.05) is 13.0 Å². The molecule has 1 fully saturated rings. The first-order chi connectivity index (χ1) is 13.2. The van der Waals surface area contributed by atoms with Gasteiger partial charge in [0.25, 0.3) is 11.6 Å². The van der Waals surface area contributed by atoms with Crippen LogP contribution >= 0.6 is 0 Å². The van der Waals surface area contributed by atoms with Crippen molar-refractivity contribution in [3.8, 4) is 0 Å². The van der Waals surface area contributed by atoms with Gasteiger partial charge in [0.05, 0.1) is 4.92 Å². The number of nitrogens with zero attached hydrogens (tertiary/aromatic N) is 2. The molecule has 2 aromatic rings. The summed E-state index contributed by atoms with van der Waals surface area (Å²) in [6.07, 6.45) is 0. The molecule has 1 aliphatic heterocycles. The van der Waals surface area contributed by atoms with Gasteiger partial charge >= 0.3 is 6.03 Å². The summed E-state index contributed by atoms with van der Waals surface area (Å²) in [6.45, 7) is 2.93. The van der Waals surface area contributed by atoms with Gasteiger partial charge in [-0.25, -0.2) is 4.79 Å². The first-order valence-corrected chi connectivity index (χ1v) is 8.46. The van der Waals surface area contributed by atoms with Gasteiger partial charge in [-0.3, -0.25) is 24.6 Å². The smallest absolute Gasteiger partial charge is 0.325 e. The number of rotatable bonds is 5. The highest BCUT2D eigenvalue weighted by Gasteiger charge is 2.49. The van der Waals surface area contributed by atoms with Crippen molar-refractivity contribution in [2.24, 2.45) is 0 Å². The van der Waals surface area contributed by atoms with E-state index in [1.54, 1.807) is 18.2 Å². The normalized spacial score (nSPS) is 18.7. The Labute approximate surface area is 160 Å². The molecule has 0 aliphatic carbocycles. The number of benzene rings is 2. The number of hydrogen-bond donors (Lipinski definition) is 2. The molecule has 0 spiro atoms. The van der Waals surface area contributed by atoms with E-state index in [0.717, 1.165) is 10.5 Å². The first-order valence-electron chi connectivity index (χ1n) is 8.46. The monoisotopic (exact) mass is 382 g/mol.